The second-order valence-corrected chi connectivity index (χ2v) is 5.41. The van der Waals surface area contributed by atoms with Gasteiger partial charge in [-0.3, -0.25) is 0 Å². The molecule has 0 aliphatic heterocycles. The van der Waals surface area contributed by atoms with E-state index in [1.165, 1.54) is 11.5 Å². The molecule has 0 atom stereocenters. The van der Waals surface area contributed by atoms with E-state index in [9.17, 15) is 4.79 Å². The largest absolute Gasteiger partial charge is 0.456 e. The van der Waals surface area contributed by atoms with Gasteiger partial charge in [0.2, 0.25) is 0 Å². The summed E-state index contributed by atoms with van der Waals surface area (Å²) >= 11 is 1.38. The van der Waals surface area contributed by atoms with E-state index in [1.807, 2.05) is 32.9 Å². The number of fused-ring (bicyclic) bond motifs is 1. The van der Waals surface area contributed by atoms with Gasteiger partial charge in [-0.1, -0.05) is 6.07 Å². The first-order valence-electron chi connectivity index (χ1n) is 5.03. The summed E-state index contributed by atoms with van der Waals surface area (Å²) in [6.45, 7) is 5.57. The molecular formula is C12H13NO2S. The zero-order valence-electron chi connectivity index (χ0n) is 9.48. The van der Waals surface area contributed by atoms with E-state index in [0.29, 0.717) is 5.56 Å². The monoisotopic (exact) mass is 235 g/mol. The van der Waals surface area contributed by atoms with Crippen LogP contribution in [0.15, 0.2) is 24.4 Å². The highest BCUT2D eigenvalue weighted by atomic mass is 32.1. The van der Waals surface area contributed by atoms with Crippen molar-refractivity contribution in [3.63, 3.8) is 0 Å². The Morgan fingerprint density at radius 1 is 1.38 bits per heavy atom. The molecule has 84 valence electrons. The molecule has 0 N–H and O–H groups in total. The van der Waals surface area contributed by atoms with Crippen molar-refractivity contribution in [3.8, 4) is 0 Å². The summed E-state index contributed by atoms with van der Waals surface area (Å²) < 4.78 is 10.4. The van der Waals surface area contributed by atoms with Crippen molar-refractivity contribution in [2.24, 2.45) is 0 Å². The van der Waals surface area contributed by atoms with E-state index >= 15 is 0 Å². The summed E-state index contributed by atoms with van der Waals surface area (Å²) in [5.74, 6) is -0.289. The van der Waals surface area contributed by atoms with E-state index < -0.39 is 5.60 Å². The van der Waals surface area contributed by atoms with Crippen LogP contribution in [0.1, 0.15) is 31.1 Å². The minimum absolute atomic E-state index is 0.289. The van der Waals surface area contributed by atoms with Gasteiger partial charge in [-0.15, -0.1) is 0 Å². The molecule has 0 aliphatic carbocycles. The van der Waals surface area contributed by atoms with Crippen LogP contribution in [0.5, 0.6) is 0 Å². The molecular weight excluding hydrogens is 222 g/mol. The summed E-state index contributed by atoms with van der Waals surface area (Å²) in [5, 5.41) is 1.05. The second-order valence-electron chi connectivity index (χ2n) is 4.58. The summed E-state index contributed by atoms with van der Waals surface area (Å²) in [6.07, 6.45) is 1.79. The number of ether oxygens (including phenoxy) is 1. The van der Waals surface area contributed by atoms with Crippen LogP contribution in [0.2, 0.25) is 0 Å². The minimum Gasteiger partial charge on any atom is -0.456 e. The smallest absolute Gasteiger partial charge is 0.338 e. The third-order valence-electron chi connectivity index (χ3n) is 1.99. The molecule has 0 bridgehead atoms. The van der Waals surface area contributed by atoms with Crippen LogP contribution < -0.4 is 0 Å². The number of nitrogens with zero attached hydrogens (tertiary/aromatic N) is 1. The Morgan fingerprint density at radius 3 is 2.81 bits per heavy atom. The maximum absolute atomic E-state index is 11.8. The quantitative estimate of drug-likeness (QED) is 0.712. The number of hydrogen-bond acceptors (Lipinski definition) is 4. The summed E-state index contributed by atoms with van der Waals surface area (Å²) in [6, 6.07) is 5.48. The van der Waals surface area contributed by atoms with Gasteiger partial charge in [0.25, 0.3) is 0 Å². The van der Waals surface area contributed by atoms with E-state index in [2.05, 4.69) is 4.37 Å². The van der Waals surface area contributed by atoms with Crippen molar-refractivity contribution in [2.45, 2.75) is 26.4 Å². The highest BCUT2D eigenvalue weighted by Crippen LogP contribution is 2.21. The number of benzene rings is 1. The number of hydrogen-bond donors (Lipinski definition) is 0. The number of esters is 1. The van der Waals surface area contributed by atoms with Crippen LogP contribution in [0.25, 0.3) is 10.1 Å². The molecule has 2 aromatic rings. The molecule has 0 unspecified atom stereocenters. The lowest BCUT2D eigenvalue weighted by atomic mass is 10.1. The molecule has 4 heteroatoms. The summed E-state index contributed by atoms with van der Waals surface area (Å²) in [4.78, 5) is 11.8. The van der Waals surface area contributed by atoms with Gasteiger partial charge in [-0.05, 0) is 44.4 Å². The molecule has 0 fully saturated rings. The highest BCUT2D eigenvalue weighted by molar-refractivity contribution is 7.13. The van der Waals surface area contributed by atoms with E-state index in [1.54, 1.807) is 12.3 Å². The molecule has 0 radical (unpaired) electrons. The predicted octanol–water partition coefficient (Wildman–Crippen LogP) is 3.25. The predicted molar refractivity (Wildman–Crippen MR) is 64.8 cm³/mol. The van der Waals surface area contributed by atoms with Gasteiger partial charge in [0.1, 0.15) is 5.60 Å². The minimum atomic E-state index is -0.459. The third-order valence-corrected chi connectivity index (χ3v) is 2.75. The fraction of sp³-hybridized carbons (Fsp3) is 0.333. The summed E-state index contributed by atoms with van der Waals surface area (Å²) in [5.41, 5.74) is 0.117. The Bertz CT molecular complexity index is 525. The van der Waals surface area contributed by atoms with E-state index in [-0.39, 0.29) is 5.97 Å². The van der Waals surface area contributed by atoms with Crippen molar-refractivity contribution < 1.29 is 9.53 Å². The molecule has 1 aromatic heterocycles. The average molecular weight is 235 g/mol. The number of aromatic nitrogens is 1. The van der Waals surface area contributed by atoms with Gasteiger partial charge >= 0.3 is 5.97 Å². The number of carbonyl (C=O) groups excluding carboxylic acids is 1. The first-order chi connectivity index (χ1) is 7.46. The molecule has 2 rings (SSSR count). The van der Waals surface area contributed by atoms with Gasteiger partial charge in [-0.2, -0.15) is 4.37 Å². The summed E-state index contributed by atoms with van der Waals surface area (Å²) in [7, 11) is 0. The van der Waals surface area contributed by atoms with Crippen LogP contribution in [0.3, 0.4) is 0 Å². The molecule has 1 aromatic carbocycles. The lowest BCUT2D eigenvalue weighted by Gasteiger charge is -2.19. The van der Waals surface area contributed by atoms with E-state index in [0.717, 1.165) is 10.1 Å². The maximum atomic E-state index is 11.8. The molecule has 1 heterocycles. The molecule has 0 spiro atoms. The van der Waals surface area contributed by atoms with Gasteiger partial charge in [0.05, 0.1) is 10.3 Å². The Balaban J connectivity index is 2.29. The number of carbonyl (C=O) groups is 1. The van der Waals surface area contributed by atoms with Crippen molar-refractivity contribution >= 4 is 27.6 Å². The van der Waals surface area contributed by atoms with Crippen LogP contribution in [0.4, 0.5) is 0 Å². The second kappa shape index (κ2) is 3.87. The van der Waals surface area contributed by atoms with E-state index in [4.69, 9.17) is 4.74 Å². The first kappa shape index (κ1) is 11.1. The first-order valence-corrected chi connectivity index (χ1v) is 5.81. The van der Waals surface area contributed by atoms with Crippen LogP contribution in [-0.2, 0) is 4.74 Å². The average Bonchev–Trinajstić information content (AvgIpc) is 2.61. The fourth-order valence-electron chi connectivity index (χ4n) is 1.32. The zero-order chi connectivity index (χ0) is 11.8. The van der Waals surface area contributed by atoms with Crippen molar-refractivity contribution in [3.05, 3.63) is 30.0 Å². The van der Waals surface area contributed by atoms with Crippen molar-refractivity contribution in [1.82, 2.24) is 4.37 Å². The molecule has 3 nitrogen and oxygen atoms in total. The van der Waals surface area contributed by atoms with Gasteiger partial charge in [0.15, 0.2) is 0 Å². The Labute approximate surface area is 98.2 Å². The molecule has 0 saturated carbocycles. The highest BCUT2D eigenvalue weighted by Gasteiger charge is 2.18. The molecule has 0 amide bonds. The van der Waals surface area contributed by atoms with Crippen molar-refractivity contribution in [1.29, 1.82) is 0 Å². The number of rotatable bonds is 1. The standard InChI is InChI=1S/C12H13NO2S/c1-12(2,3)15-11(14)8-4-5-9-7-13-16-10(9)6-8/h4-7H,1-3H3. The lowest BCUT2D eigenvalue weighted by Crippen LogP contribution is -2.23. The fourth-order valence-corrected chi connectivity index (χ4v) is 2.01. The van der Waals surface area contributed by atoms with Crippen LogP contribution in [-0.4, -0.2) is 15.9 Å². The van der Waals surface area contributed by atoms with Gasteiger partial charge < -0.3 is 4.74 Å². The SMILES string of the molecule is CC(C)(C)OC(=O)c1ccc2cnsc2c1. The Kier molecular flexibility index (Phi) is 2.68. The maximum Gasteiger partial charge on any atom is 0.338 e. The Morgan fingerprint density at radius 2 is 2.12 bits per heavy atom. The Hall–Kier alpha value is -1.42. The zero-order valence-corrected chi connectivity index (χ0v) is 10.3. The molecule has 0 aliphatic rings. The third kappa shape index (κ3) is 2.39. The molecule has 16 heavy (non-hydrogen) atoms. The topological polar surface area (TPSA) is 39.2 Å². The van der Waals surface area contributed by atoms with Gasteiger partial charge in [-0.25, -0.2) is 4.79 Å². The van der Waals surface area contributed by atoms with Crippen LogP contribution >= 0.6 is 11.5 Å². The normalized spacial score (nSPS) is 11.7. The molecule has 0 saturated heterocycles. The lowest BCUT2D eigenvalue weighted by molar-refractivity contribution is 0.00698. The van der Waals surface area contributed by atoms with Crippen molar-refractivity contribution in [2.75, 3.05) is 0 Å². The van der Waals surface area contributed by atoms with Gasteiger partial charge in [0, 0.05) is 11.6 Å². The van der Waals surface area contributed by atoms with Crippen LogP contribution in [0, 0.1) is 0 Å².